The van der Waals surface area contributed by atoms with Crippen LogP contribution in [0.5, 0.6) is 0 Å². The molecule has 154 valence electrons. The van der Waals surface area contributed by atoms with Gasteiger partial charge in [-0.3, -0.25) is 19.5 Å². The number of hydrogen-bond acceptors (Lipinski definition) is 6. The van der Waals surface area contributed by atoms with Crippen LogP contribution in [0.4, 0.5) is 5.69 Å². The molecule has 1 N–H and O–H groups in total. The summed E-state index contributed by atoms with van der Waals surface area (Å²) in [5.41, 5.74) is 0.563. The monoisotopic (exact) mass is 412 g/mol. The van der Waals surface area contributed by atoms with E-state index in [1.54, 1.807) is 0 Å². The largest absolute Gasteiger partial charge is 0.419 e. The lowest BCUT2D eigenvalue weighted by atomic mass is 10.1. The molecule has 0 aliphatic carbocycles. The summed E-state index contributed by atoms with van der Waals surface area (Å²) in [6.45, 7) is 4.89. The molecule has 1 unspecified atom stereocenters. The van der Waals surface area contributed by atoms with Gasteiger partial charge in [-0.05, 0) is 31.9 Å². The summed E-state index contributed by atoms with van der Waals surface area (Å²) in [5.74, 6) is -0.467. The van der Waals surface area contributed by atoms with Gasteiger partial charge in [0.25, 0.3) is 5.69 Å². The SMILES string of the molecule is CCCN(C(=O)CCCn1c(=O)oc2cc([N+](=O)[O-])ccc21)C1CCNC1.Cl. The number of nitro groups is 1. The van der Waals surface area contributed by atoms with Crippen molar-refractivity contribution in [2.75, 3.05) is 19.6 Å². The van der Waals surface area contributed by atoms with Gasteiger partial charge in [0, 0.05) is 38.2 Å². The third-order valence-electron chi connectivity index (χ3n) is 4.89. The molecule has 0 bridgehead atoms. The van der Waals surface area contributed by atoms with Gasteiger partial charge in [-0.15, -0.1) is 12.4 Å². The van der Waals surface area contributed by atoms with Crippen molar-refractivity contribution in [3.8, 4) is 0 Å². The fraction of sp³-hybridized carbons (Fsp3) is 0.556. The number of halogens is 1. The van der Waals surface area contributed by atoms with E-state index in [1.165, 1.54) is 22.8 Å². The van der Waals surface area contributed by atoms with E-state index in [0.29, 0.717) is 24.9 Å². The van der Waals surface area contributed by atoms with Crippen molar-refractivity contribution in [1.29, 1.82) is 0 Å². The first-order valence-corrected chi connectivity index (χ1v) is 9.29. The van der Waals surface area contributed by atoms with Gasteiger partial charge in [-0.25, -0.2) is 4.79 Å². The Kier molecular flexibility index (Phi) is 7.59. The normalized spacial score (nSPS) is 16.1. The van der Waals surface area contributed by atoms with Gasteiger partial charge in [0.1, 0.15) is 0 Å². The number of benzene rings is 1. The van der Waals surface area contributed by atoms with E-state index in [1.807, 2.05) is 4.90 Å². The maximum Gasteiger partial charge on any atom is 0.419 e. The van der Waals surface area contributed by atoms with Crippen LogP contribution in [0.3, 0.4) is 0 Å². The average Bonchev–Trinajstić information content (AvgIpc) is 3.27. The molecule has 0 saturated carbocycles. The molecule has 0 radical (unpaired) electrons. The highest BCUT2D eigenvalue weighted by Crippen LogP contribution is 2.20. The predicted octanol–water partition coefficient (Wildman–Crippen LogP) is 2.31. The Bertz CT molecular complexity index is 888. The van der Waals surface area contributed by atoms with Crippen molar-refractivity contribution >= 4 is 35.1 Å². The van der Waals surface area contributed by atoms with E-state index in [-0.39, 0.29) is 35.6 Å². The van der Waals surface area contributed by atoms with E-state index < -0.39 is 10.7 Å². The fourth-order valence-corrected chi connectivity index (χ4v) is 3.57. The molecule has 1 fully saturated rings. The number of nitrogens with zero attached hydrogens (tertiary/aromatic N) is 3. The summed E-state index contributed by atoms with van der Waals surface area (Å²) in [4.78, 5) is 36.9. The first-order valence-electron chi connectivity index (χ1n) is 9.29. The second-order valence-corrected chi connectivity index (χ2v) is 6.77. The lowest BCUT2D eigenvalue weighted by molar-refractivity contribution is -0.384. The molecule has 28 heavy (non-hydrogen) atoms. The van der Waals surface area contributed by atoms with Crippen LogP contribution in [0.15, 0.2) is 27.4 Å². The molecule has 3 rings (SSSR count). The number of aromatic nitrogens is 1. The van der Waals surface area contributed by atoms with Crippen LogP contribution >= 0.6 is 12.4 Å². The Morgan fingerprint density at radius 1 is 1.46 bits per heavy atom. The molecule has 10 heteroatoms. The number of aryl methyl sites for hydroxylation is 1. The minimum Gasteiger partial charge on any atom is -0.407 e. The predicted molar refractivity (Wildman–Crippen MR) is 107 cm³/mol. The van der Waals surface area contributed by atoms with Gasteiger partial charge < -0.3 is 14.6 Å². The Morgan fingerprint density at radius 3 is 2.89 bits per heavy atom. The molecule has 0 spiro atoms. The van der Waals surface area contributed by atoms with Crippen LogP contribution < -0.4 is 11.1 Å². The highest BCUT2D eigenvalue weighted by molar-refractivity contribution is 5.85. The highest BCUT2D eigenvalue weighted by atomic mass is 35.5. The molecule has 1 aliphatic heterocycles. The van der Waals surface area contributed by atoms with E-state index in [0.717, 1.165) is 32.5 Å². The molecule has 2 aromatic rings. The van der Waals surface area contributed by atoms with E-state index in [2.05, 4.69) is 12.2 Å². The summed E-state index contributed by atoms with van der Waals surface area (Å²) in [7, 11) is 0. The quantitative estimate of drug-likeness (QED) is 0.526. The lowest BCUT2D eigenvalue weighted by Crippen LogP contribution is -2.42. The van der Waals surface area contributed by atoms with Crippen LogP contribution in [0.2, 0.25) is 0 Å². The summed E-state index contributed by atoms with van der Waals surface area (Å²) in [6.07, 6.45) is 2.73. The third-order valence-corrected chi connectivity index (χ3v) is 4.89. The number of rotatable bonds is 8. The Hall–Kier alpha value is -2.39. The molecule has 1 saturated heterocycles. The van der Waals surface area contributed by atoms with E-state index >= 15 is 0 Å². The van der Waals surface area contributed by atoms with Crippen LogP contribution in [0.1, 0.15) is 32.6 Å². The fourth-order valence-electron chi connectivity index (χ4n) is 3.57. The third kappa shape index (κ3) is 4.71. The molecule has 9 nitrogen and oxygen atoms in total. The van der Waals surface area contributed by atoms with Crippen LogP contribution in [-0.4, -0.2) is 46.0 Å². The number of oxazole rings is 1. The number of fused-ring (bicyclic) bond motifs is 1. The molecule has 1 atom stereocenters. The number of nitrogens with one attached hydrogen (secondary N) is 1. The lowest BCUT2D eigenvalue weighted by Gasteiger charge is -2.28. The van der Waals surface area contributed by atoms with Crippen molar-refractivity contribution in [3.05, 3.63) is 38.9 Å². The van der Waals surface area contributed by atoms with Gasteiger partial charge in [0.2, 0.25) is 5.91 Å². The summed E-state index contributed by atoms with van der Waals surface area (Å²) >= 11 is 0. The topological polar surface area (TPSA) is 111 Å². The zero-order valence-electron chi connectivity index (χ0n) is 15.8. The first kappa shape index (κ1) is 21.9. The molecular formula is C18H25ClN4O5. The second kappa shape index (κ2) is 9.70. The maximum absolute atomic E-state index is 12.6. The number of nitro benzene ring substituents is 1. The van der Waals surface area contributed by atoms with E-state index in [4.69, 9.17) is 4.42 Å². The Morgan fingerprint density at radius 2 is 2.25 bits per heavy atom. The number of non-ortho nitro benzene ring substituents is 1. The molecular weight excluding hydrogens is 388 g/mol. The summed E-state index contributed by atoms with van der Waals surface area (Å²) in [5, 5.41) is 14.1. The van der Waals surface area contributed by atoms with Gasteiger partial charge >= 0.3 is 5.76 Å². The van der Waals surface area contributed by atoms with Crippen molar-refractivity contribution in [2.24, 2.45) is 0 Å². The number of hydrogen-bond donors (Lipinski definition) is 1. The molecule has 1 aromatic heterocycles. The van der Waals surface area contributed by atoms with Crippen LogP contribution in [-0.2, 0) is 11.3 Å². The maximum atomic E-state index is 12.6. The highest BCUT2D eigenvalue weighted by Gasteiger charge is 2.25. The number of carbonyl (C=O) groups is 1. The van der Waals surface area contributed by atoms with E-state index in [9.17, 15) is 19.7 Å². The molecule has 1 aromatic carbocycles. The second-order valence-electron chi connectivity index (χ2n) is 6.77. The summed E-state index contributed by atoms with van der Waals surface area (Å²) < 4.78 is 6.54. The van der Waals surface area contributed by atoms with Crippen LogP contribution in [0.25, 0.3) is 11.1 Å². The van der Waals surface area contributed by atoms with Gasteiger partial charge in [-0.2, -0.15) is 0 Å². The minimum absolute atomic E-state index is 0. The van der Waals surface area contributed by atoms with Crippen molar-refractivity contribution in [1.82, 2.24) is 14.8 Å². The Labute approximate surface area is 168 Å². The average molecular weight is 413 g/mol. The number of carbonyl (C=O) groups excluding carboxylic acids is 1. The van der Waals surface area contributed by atoms with Crippen LogP contribution in [0, 0.1) is 10.1 Å². The molecule has 2 heterocycles. The van der Waals surface area contributed by atoms with Gasteiger partial charge in [0.15, 0.2) is 5.58 Å². The molecule has 1 aliphatic rings. The smallest absolute Gasteiger partial charge is 0.407 e. The Balaban J connectivity index is 0.00000280. The standard InChI is InChI=1S/C18H24N4O5.ClH/c1-2-9-20(14-7-8-19-12-14)17(23)4-3-10-21-15-6-5-13(22(25)26)11-16(15)27-18(21)24;/h5-6,11,14,19H,2-4,7-10,12H2,1H3;1H. The number of amides is 1. The van der Waals surface area contributed by atoms with Gasteiger partial charge in [-0.1, -0.05) is 6.92 Å². The zero-order chi connectivity index (χ0) is 19.4. The molecule has 1 amide bonds. The van der Waals surface area contributed by atoms with Crippen molar-refractivity contribution in [3.63, 3.8) is 0 Å². The van der Waals surface area contributed by atoms with Crippen molar-refractivity contribution < 1.29 is 14.1 Å². The summed E-state index contributed by atoms with van der Waals surface area (Å²) in [6, 6.07) is 4.34. The minimum atomic E-state index is -0.566. The first-order chi connectivity index (χ1) is 13.0. The zero-order valence-corrected chi connectivity index (χ0v) is 16.6. The van der Waals surface area contributed by atoms with Crippen molar-refractivity contribution in [2.45, 2.75) is 45.2 Å². The van der Waals surface area contributed by atoms with Gasteiger partial charge in [0.05, 0.1) is 16.5 Å².